The SMILES string of the molecule is CCCc1cc(C(=O)N2CC[C@@H](c3ccn[nH]3)C2)no1. The van der Waals surface area contributed by atoms with Gasteiger partial charge in [0.15, 0.2) is 5.69 Å². The van der Waals surface area contributed by atoms with Crippen molar-refractivity contribution >= 4 is 5.91 Å². The minimum Gasteiger partial charge on any atom is -0.361 e. The normalized spacial score (nSPS) is 18.6. The number of hydrogen-bond donors (Lipinski definition) is 1. The van der Waals surface area contributed by atoms with Crippen LogP contribution in [0.25, 0.3) is 0 Å². The van der Waals surface area contributed by atoms with Crippen LogP contribution in [0.15, 0.2) is 22.9 Å². The van der Waals surface area contributed by atoms with Crippen LogP contribution >= 0.6 is 0 Å². The molecule has 1 amide bonds. The van der Waals surface area contributed by atoms with E-state index in [0.717, 1.165) is 37.3 Å². The quantitative estimate of drug-likeness (QED) is 0.925. The smallest absolute Gasteiger partial charge is 0.276 e. The number of carbonyl (C=O) groups is 1. The number of aromatic amines is 1. The molecule has 2 aromatic rings. The molecule has 1 atom stereocenters. The zero-order valence-electron chi connectivity index (χ0n) is 11.5. The highest BCUT2D eigenvalue weighted by molar-refractivity contribution is 5.92. The highest BCUT2D eigenvalue weighted by Crippen LogP contribution is 2.26. The number of hydrogen-bond acceptors (Lipinski definition) is 4. The van der Waals surface area contributed by atoms with Crippen molar-refractivity contribution in [1.82, 2.24) is 20.3 Å². The van der Waals surface area contributed by atoms with Gasteiger partial charge in [0.1, 0.15) is 5.76 Å². The minimum atomic E-state index is -0.0434. The predicted molar refractivity (Wildman–Crippen MR) is 72.3 cm³/mol. The summed E-state index contributed by atoms with van der Waals surface area (Å²) >= 11 is 0. The van der Waals surface area contributed by atoms with Gasteiger partial charge in [-0.15, -0.1) is 0 Å². The first kappa shape index (κ1) is 12.9. The van der Waals surface area contributed by atoms with Gasteiger partial charge >= 0.3 is 0 Å². The van der Waals surface area contributed by atoms with E-state index in [1.165, 1.54) is 0 Å². The van der Waals surface area contributed by atoms with Crippen molar-refractivity contribution in [3.63, 3.8) is 0 Å². The van der Waals surface area contributed by atoms with Gasteiger partial charge in [-0.25, -0.2) is 0 Å². The molecule has 0 aromatic carbocycles. The van der Waals surface area contributed by atoms with Crippen molar-refractivity contribution < 1.29 is 9.32 Å². The average Bonchev–Trinajstić information content (AvgIpc) is 3.19. The highest BCUT2D eigenvalue weighted by atomic mass is 16.5. The molecule has 0 unspecified atom stereocenters. The Morgan fingerprint density at radius 3 is 3.25 bits per heavy atom. The lowest BCUT2D eigenvalue weighted by Crippen LogP contribution is -2.28. The van der Waals surface area contributed by atoms with E-state index in [1.807, 2.05) is 11.0 Å². The van der Waals surface area contributed by atoms with Crippen LogP contribution in [0.4, 0.5) is 0 Å². The van der Waals surface area contributed by atoms with E-state index in [0.29, 0.717) is 18.2 Å². The Kier molecular flexibility index (Phi) is 3.54. The maximum atomic E-state index is 12.4. The van der Waals surface area contributed by atoms with Gasteiger partial charge in [-0.1, -0.05) is 12.1 Å². The monoisotopic (exact) mass is 274 g/mol. The van der Waals surface area contributed by atoms with Gasteiger partial charge in [-0.2, -0.15) is 5.10 Å². The summed E-state index contributed by atoms with van der Waals surface area (Å²) in [6.07, 6.45) is 4.49. The van der Waals surface area contributed by atoms with Crippen molar-refractivity contribution in [2.75, 3.05) is 13.1 Å². The molecule has 0 bridgehead atoms. The number of carbonyl (C=O) groups excluding carboxylic acids is 1. The molecule has 1 aliphatic heterocycles. The first-order chi connectivity index (χ1) is 9.78. The van der Waals surface area contributed by atoms with Gasteiger partial charge < -0.3 is 9.42 Å². The molecule has 0 aliphatic carbocycles. The summed E-state index contributed by atoms with van der Waals surface area (Å²) in [5.74, 6) is 1.07. The summed E-state index contributed by atoms with van der Waals surface area (Å²) in [5.41, 5.74) is 1.51. The Morgan fingerprint density at radius 1 is 1.60 bits per heavy atom. The zero-order valence-corrected chi connectivity index (χ0v) is 11.5. The Labute approximate surface area is 117 Å². The van der Waals surface area contributed by atoms with E-state index in [9.17, 15) is 4.79 Å². The summed E-state index contributed by atoms with van der Waals surface area (Å²) in [4.78, 5) is 14.2. The number of aromatic nitrogens is 3. The molecule has 1 aliphatic rings. The highest BCUT2D eigenvalue weighted by Gasteiger charge is 2.30. The van der Waals surface area contributed by atoms with E-state index in [-0.39, 0.29) is 5.91 Å². The van der Waals surface area contributed by atoms with Gasteiger partial charge in [-0.05, 0) is 18.9 Å². The fourth-order valence-corrected chi connectivity index (χ4v) is 2.63. The van der Waals surface area contributed by atoms with Crippen LogP contribution in [-0.2, 0) is 6.42 Å². The lowest BCUT2D eigenvalue weighted by atomic mass is 10.1. The Bertz CT molecular complexity index is 576. The maximum Gasteiger partial charge on any atom is 0.276 e. The third-order valence-electron chi connectivity index (χ3n) is 3.71. The van der Waals surface area contributed by atoms with Crippen LogP contribution in [0, 0.1) is 0 Å². The molecule has 3 heterocycles. The molecule has 0 spiro atoms. The summed E-state index contributed by atoms with van der Waals surface area (Å²) in [6.45, 7) is 3.52. The van der Waals surface area contributed by atoms with Crippen LogP contribution in [-0.4, -0.2) is 39.3 Å². The predicted octanol–water partition coefficient (Wildman–Crippen LogP) is 1.98. The fourth-order valence-electron chi connectivity index (χ4n) is 2.63. The van der Waals surface area contributed by atoms with E-state index in [2.05, 4.69) is 22.3 Å². The van der Waals surface area contributed by atoms with Gasteiger partial charge in [-0.3, -0.25) is 9.89 Å². The number of rotatable bonds is 4. The van der Waals surface area contributed by atoms with Crippen molar-refractivity contribution in [1.29, 1.82) is 0 Å². The second kappa shape index (κ2) is 5.48. The van der Waals surface area contributed by atoms with Crippen LogP contribution in [0.3, 0.4) is 0 Å². The Balaban J connectivity index is 1.66. The lowest BCUT2D eigenvalue weighted by Gasteiger charge is -2.14. The lowest BCUT2D eigenvalue weighted by molar-refractivity contribution is 0.0780. The number of aryl methyl sites for hydroxylation is 1. The molecule has 2 aromatic heterocycles. The molecule has 1 saturated heterocycles. The first-order valence-electron chi connectivity index (χ1n) is 7.02. The molecular weight excluding hydrogens is 256 g/mol. The zero-order chi connectivity index (χ0) is 13.9. The molecule has 0 saturated carbocycles. The number of amides is 1. The summed E-state index contributed by atoms with van der Waals surface area (Å²) in [6, 6.07) is 3.73. The molecule has 6 heteroatoms. The third-order valence-corrected chi connectivity index (χ3v) is 3.71. The second-order valence-corrected chi connectivity index (χ2v) is 5.18. The van der Waals surface area contributed by atoms with Crippen molar-refractivity contribution in [2.45, 2.75) is 32.1 Å². The van der Waals surface area contributed by atoms with Gasteiger partial charge in [0.25, 0.3) is 5.91 Å². The van der Waals surface area contributed by atoms with Crippen molar-refractivity contribution in [3.05, 3.63) is 35.5 Å². The average molecular weight is 274 g/mol. The Morgan fingerprint density at radius 2 is 2.50 bits per heavy atom. The molecule has 6 nitrogen and oxygen atoms in total. The van der Waals surface area contributed by atoms with Crippen LogP contribution in [0.2, 0.25) is 0 Å². The van der Waals surface area contributed by atoms with E-state index in [1.54, 1.807) is 12.3 Å². The third kappa shape index (κ3) is 2.45. The maximum absolute atomic E-state index is 12.4. The largest absolute Gasteiger partial charge is 0.361 e. The van der Waals surface area contributed by atoms with Gasteiger partial charge in [0, 0.05) is 43.4 Å². The molecule has 106 valence electrons. The molecule has 3 rings (SSSR count). The fraction of sp³-hybridized carbons (Fsp3) is 0.500. The topological polar surface area (TPSA) is 75.0 Å². The molecule has 1 fully saturated rings. The van der Waals surface area contributed by atoms with Crippen LogP contribution in [0.5, 0.6) is 0 Å². The summed E-state index contributed by atoms with van der Waals surface area (Å²) < 4.78 is 5.17. The number of likely N-dealkylation sites (tertiary alicyclic amines) is 1. The summed E-state index contributed by atoms with van der Waals surface area (Å²) in [7, 11) is 0. The standard InChI is InChI=1S/C14H18N4O2/c1-2-3-11-8-13(17-20-11)14(19)18-7-5-10(9-18)12-4-6-15-16-12/h4,6,8,10H,2-3,5,7,9H2,1H3,(H,15,16)/t10-/m1/s1. The number of nitrogens with zero attached hydrogens (tertiary/aromatic N) is 3. The second-order valence-electron chi connectivity index (χ2n) is 5.18. The van der Waals surface area contributed by atoms with Gasteiger partial charge in [0.2, 0.25) is 0 Å². The van der Waals surface area contributed by atoms with E-state index < -0.39 is 0 Å². The molecule has 1 N–H and O–H groups in total. The van der Waals surface area contributed by atoms with Gasteiger partial charge in [0.05, 0.1) is 0 Å². The molecule has 0 radical (unpaired) electrons. The van der Waals surface area contributed by atoms with Crippen LogP contribution < -0.4 is 0 Å². The minimum absolute atomic E-state index is 0.0434. The number of nitrogens with one attached hydrogen (secondary N) is 1. The van der Waals surface area contributed by atoms with Crippen LogP contribution in [0.1, 0.15) is 47.6 Å². The van der Waals surface area contributed by atoms with E-state index >= 15 is 0 Å². The van der Waals surface area contributed by atoms with E-state index in [4.69, 9.17) is 4.52 Å². The number of H-pyrrole nitrogens is 1. The van der Waals surface area contributed by atoms with Crippen molar-refractivity contribution in [2.24, 2.45) is 0 Å². The molecular formula is C14H18N4O2. The first-order valence-corrected chi connectivity index (χ1v) is 7.02. The summed E-state index contributed by atoms with van der Waals surface area (Å²) in [5, 5.41) is 10.8. The van der Waals surface area contributed by atoms with Crippen molar-refractivity contribution in [3.8, 4) is 0 Å². The molecule has 20 heavy (non-hydrogen) atoms. The Hall–Kier alpha value is -2.11.